The highest BCUT2D eigenvalue weighted by atomic mass is 79.9. The molecule has 1 aromatic heterocycles. The predicted molar refractivity (Wildman–Crippen MR) is 83.9 cm³/mol. The van der Waals surface area contributed by atoms with Gasteiger partial charge in [0.15, 0.2) is 0 Å². The van der Waals surface area contributed by atoms with Gasteiger partial charge in [-0.25, -0.2) is 4.39 Å². The fourth-order valence-corrected chi connectivity index (χ4v) is 3.36. The van der Waals surface area contributed by atoms with Crippen LogP contribution in [0.1, 0.15) is 26.4 Å². The van der Waals surface area contributed by atoms with E-state index in [0.717, 1.165) is 20.5 Å². The maximum absolute atomic E-state index is 13.0. The number of thiophene rings is 1. The SMILES string of the molecule is Cc1cc(F)ccc1CCNC(=O)c1cc(C)c(Br)s1. The largest absolute Gasteiger partial charge is 0.351 e. The first kappa shape index (κ1) is 15.2. The number of hydrogen-bond donors (Lipinski definition) is 1. The van der Waals surface area contributed by atoms with Gasteiger partial charge in [-0.2, -0.15) is 0 Å². The molecular weight excluding hydrogens is 341 g/mol. The van der Waals surface area contributed by atoms with Crippen molar-refractivity contribution in [3.05, 3.63) is 55.4 Å². The summed E-state index contributed by atoms with van der Waals surface area (Å²) in [6.07, 6.45) is 0.698. The minimum atomic E-state index is -0.228. The van der Waals surface area contributed by atoms with Crippen LogP contribution >= 0.6 is 27.3 Å². The summed E-state index contributed by atoms with van der Waals surface area (Å²) in [7, 11) is 0. The molecule has 0 bridgehead atoms. The van der Waals surface area contributed by atoms with Crippen LogP contribution in [0.15, 0.2) is 28.1 Å². The fraction of sp³-hybridized carbons (Fsp3) is 0.267. The van der Waals surface area contributed by atoms with Crippen molar-refractivity contribution in [1.82, 2.24) is 5.32 Å². The fourth-order valence-electron chi connectivity index (χ4n) is 1.91. The van der Waals surface area contributed by atoms with Gasteiger partial charge in [0.05, 0.1) is 8.66 Å². The summed E-state index contributed by atoms with van der Waals surface area (Å²) in [5, 5.41) is 2.89. The molecule has 2 nitrogen and oxygen atoms in total. The van der Waals surface area contributed by atoms with Crippen LogP contribution in [0, 0.1) is 19.7 Å². The highest BCUT2D eigenvalue weighted by Gasteiger charge is 2.10. The van der Waals surface area contributed by atoms with Crippen molar-refractivity contribution >= 4 is 33.2 Å². The number of hydrogen-bond acceptors (Lipinski definition) is 2. The van der Waals surface area contributed by atoms with Crippen molar-refractivity contribution in [3.8, 4) is 0 Å². The molecule has 5 heteroatoms. The van der Waals surface area contributed by atoms with Crippen LogP contribution in [0.2, 0.25) is 0 Å². The second kappa shape index (κ2) is 6.50. The number of amides is 1. The average Bonchev–Trinajstić information content (AvgIpc) is 2.72. The van der Waals surface area contributed by atoms with Gasteiger partial charge in [0.25, 0.3) is 5.91 Å². The monoisotopic (exact) mass is 355 g/mol. The summed E-state index contributed by atoms with van der Waals surface area (Å²) in [6.45, 7) is 4.37. The molecule has 2 rings (SSSR count). The molecule has 0 spiro atoms. The summed E-state index contributed by atoms with van der Waals surface area (Å²) in [5.41, 5.74) is 3.03. The molecule has 0 aliphatic rings. The first-order valence-corrected chi connectivity index (χ1v) is 7.87. The van der Waals surface area contributed by atoms with Crippen LogP contribution in [0.25, 0.3) is 0 Å². The van der Waals surface area contributed by atoms with Gasteiger partial charge < -0.3 is 5.32 Å². The lowest BCUT2D eigenvalue weighted by atomic mass is 10.1. The number of benzene rings is 1. The second-order valence-electron chi connectivity index (χ2n) is 4.64. The molecule has 0 atom stereocenters. The van der Waals surface area contributed by atoms with Gasteiger partial charge in [-0.05, 0) is 71.1 Å². The lowest BCUT2D eigenvalue weighted by molar-refractivity contribution is 0.0958. The number of carbonyl (C=O) groups is 1. The van der Waals surface area contributed by atoms with E-state index < -0.39 is 0 Å². The molecule has 1 aromatic carbocycles. The molecule has 106 valence electrons. The van der Waals surface area contributed by atoms with Crippen molar-refractivity contribution in [3.63, 3.8) is 0 Å². The predicted octanol–water partition coefficient (Wildman–Crippen LogP) is 4.24. The number of nitrogens with one attached hydrogen (secondary N) is 1. The van der Waals surface area contributed by atoms with Gasteiger partial charge in [0, 0.05) is 6.54 Å². The molecule has 20 heavy (non-hydrogen) atoms. The summed E-state index contributed by atoms with van der Waals surface area (Å²) in [6, 6.07) is 6.59. The summed E-state index contributed by atoms with van der Waals surface area (Å²) < 4.78 is 14.0. The number of rotatable bonds is 4. The topological polar surface area (TPSA) is 29.1 Å². The van der Waals surface area contributed by atoms with E-state index >= 15 is 0 Å². The molecule has 0 unspecified atom stereocenters. The molecule has 0 fully saturated rings. The Morgan fingerprint density at radius 1 is 1.30 bits per heavy atom. The van der Waals surface area contributed by atoms with Crippen LogP contribution in [0.5, 0.6) is 0 Å². The molecule has 1 amide bonds. The van der Waals surface area contributed by atoms with Crippen LogP contribution < -0.4 is 5.32 Å². The van der Waals surface area contributed by atoms with Crippen molar-refractivity contribution in [2.75, 3.05) is 6.54 Å². The van der Waals surface area contributed by atoms with Crippen molar-refractivity contribution in [1.29, 1.82) is 0 Å². The third kappa shape index (κ3) is 3.67. The highest BCUT2D eigenvalue weighted by Crippen LogP contribution is 2.27. The Bertz CT molecular complexity index is 619. The van der Waals surface area contributed by atoms with Crippen LogP contribution in [0.3, 0.4) is 0 Å². The van der Waals surface area contributed by atoms with E-state index in [1.54, 1.807) is 6.07 Å². The Balaban J connectivity index is 1.91. The first-order chi connectivity index (χ1) is 9.47. The number of aryl methyl sites for hydroxylation is 2. The molecule has 0 aliphatic heterocycles. The Morgan fingerprint density at radius 3 is 2.65 bits per heavy atom. The van der Waals surface area contributed by atoms with Crippen LogP contribution in [0.4, 0.5) is 4.39 Å². The van der Waals surface area contributed by atoms with E-state index in [2.05, 4.69) is 21.2 Å². The van der Waals surface area contributed by atoms with Crippen LogP contribution in [-0.4, -0.2) is 12.5 Å². The molecule has 0 saturated heterocycles. The third-order valence-electron chi connectivity index (χ3n) is 3.07. The van der Waals surface area contributed by atoms with Gasteiger partial charge in [-0.15, -0.1) is 11.3 Å². The molecule has 0 aliphatic carbocycles. The molecule has 0 radical (unpaired) electrons. The zero-order chi connectivity index (χ0) is 14.7. The Kier molecular flexibility index (Phi) is 4.94. The Labute approximate surface area is 130 Å². The van der Waals surface area contributed by atoms with Gasteiger partial charge in [-0.1, -0.05) is 6.07 Å². The summed E-state index contributed by atoms with van der Waals surface area (Å²) >= 11 is 4.84. The van der Waals surface area contributed by atoms with E-state index in [9.17, 15) is 9.18 Å². The minimum absolute atomic E-state index is 0.0661. The van der Waals surface area contributed by atoms with E-state index in [1.807, 2.05) is 19.9 Å². The average molecular weight is 356 g/mol. The van der Waals surface area contributed by atoms with E-state index in [0.29, 0.717) is 17.8 Å². The quantitative estimate of drug-likeness (QED) is 0.872. The number of carbonyl (C=O) groups excluding carboxylic acids is 1. The van der Waals surface area contributed by atoms with Gasteiger partial charge in [0.1, 0.15) is 5.82 Å². The molecule has 2 aromatic rings. The highest BCUT2D eigenvalue weighted by molar-refractivity contribution is 9.11. The van der Waals surface area contributed by atoms with Gasteiger partial charge >= 0.3 is 0 Å². The van der Waals surface area contributed by atoms with E-state index in [4.69, 9.17) is 0 Å². The Hall–Kier alpha value is -1.20. The smallest absolute Gasteiger partial charge is 0.261 e. The number of halogens is 2. The Morgan fingerprint density at radius 2 is 2.05 bits per heavy atom. The first-order valence-electron chi connectivity index (χ1n) is 6.26. The normalized spacial score (nSPS) is 10.6. The molecular formula is C15H15BrFNOS. The molecule has 0 saturated carbocycles. The summed E-state index contributed by atoms with van der Waals surface area (Å²) in [5.74, 6) is -0.294. The maximum Gasteiger partial charge on any atom is 0.261 e. The summed E-state index contributed by atoms with van der Waals surface area (Å²) in [4.78, 5) is 12.7. The molecule has 1 heterocycles. The maximum atomic E-state index is 13.0. The zero-order valence-electron chi connectivity index (χ0n) is 11.3. The second-order valence-corrected chi connectivity index (χ2v) is 7.01. The van der Waals surface area contributed by atoms with Crippen molar-refractivity contribution < 1.29 is 9.18 Å². The van der Waals surface area contributed by atoms with E-state index in [1.165, 1.54) is 23.5 Å². The minimum Gasteiger partial charge on any atom is -0.351 e. The van der Waals surface area contributed by atoms with Crippen molar-refractivity contribution in [2.24, 2.45) is 0 Å². The lowest BCUT2D eigenvalue weighted by Gasteiger charge is -2.07. The van der Waals surface area contributed by atoms with Gasteiger partial charge in [0.2, 0.25) is 0 Å². The molecule has 1 N–H and O–H groups in total. The van der Waals surface area contributed by atoms with Crippen molar-refractivity contribution in [2.45, 2.75) is 20.3 Å². The standard InChI is InChI=1S/C15H15BrFNOS/c1-9-7-12(17)4-3-11(9)5-6-18-15(19)13-8-10(2)14(16)20-13/h3-4,7-8H,5-6H2,1-2H3,(H,18,19). The van der Waals surface area contributed by atoms with Gasteiger partial charge in [-0.3, -0.25) is 4.79 Å². The zero-order valence-corrected chi connectivity index (χ0v) is 13.7. The third-order valence-corrected chi connectivity index (χ3v) is 5.20. The lowest BCUT2D eigenvalue weighted by Crippen LogP contribution is -2.25. The van der Waals surface area contributed by atoms with Crippen LogP contribution in [-0.2, 0) is 6.42 Å². The van der Waals surface area contributed by atoms with E-state index in [-0.39, 0.29) is 11.7 Å².